The van der Waals surface area contributed by atoms with Gasteiger partial charge in [-0.3, -0.25) is 13.9 Å². The first-order valence-corrected chi connectivity index (χ1v) is 16.7. The van der Waals surface area contributed by atoms with Gasteiger partial charge in [-0.25, -0.2) is 8.42 Å². The molecule has 4 aromatic carbocycles. The molecule has 248 valence electrons. The summed E-state index contributed by atoms with van der Waals surface area (Å²) in [6.07, 6.45) is 0.183. The number of methoxy groups -OCH3 is 2. The third-order valence-corrected chi connectivity index (χ3v) is 9.61. The molecule has 0 saturated carbocycles. The highest BCUT2D eigenvalue weighted by atomic mass is 35.5. The standard InChI is InChI=1S/C35H38ClN3O7S/c1-5-46-28-17-15-27(16-18-28)39(47(42,43)29-19-20-32(44-3)33(22-29)45-4)24-34(40)38(23-26-13-9-10-14-30(26)36)31(35(41)37-2)21-25-11-7-6-8-12-25/h6-20,22,31H,5,21,23-24H2,1-4H3,(H,37,41)/t31-/m1/s1. The van der Waals surface area contributed by atoms with Gasteiger partial charge < -0.3 is 24.4 Å². The van der Waals surface area contributed by atoms with Crippen LogP contribution in [0.1, 0.15) is 18.1 Å². The lowest BCUT2D eigenvalue weighted by Crippen LogP contribution is -2.53. The number of nitrogens with zero attached hydrogens (tertiary/aromatic N) is 2. The highest BCUT2D eigenvalue weighted by Crippen LogP contribution is 2.33. The number of hydrogen-bond acceptors (Lipinski definition) is 7. The topological polar surface area (TPSA) is 114 Å². The molecule has 0 bridgehead atoms. The largest absolute Gasteiger partial charge is 0.494 e. The lowest BCUT2D eigenvalue weighted by Gasteiger charge is -2.33. The summed E-state index contributed by atoms with van der Waals surface area (Å²) in [5, 5.41) is 3.07. The van der Waals surface area contributed by atoms with Gasteiger partial charge in [-0.1, -0.05) is 60.1 Å². The van der Waals surface area contributed by atoms with Gasteiger partial charge in [0, 0.05) is 31.1 Å². The van der Waals surface area contributed by atoms with Crippen molar-refractivity contribution in [2.45, 2.75) is 30.8 Å². The number of carbonyl (C=O) groups is 2. The minimum absolute atomic E-state index is 0.0447. The van der Waals surface area contributed by atoms with E-state index in [-0.39, 0.29) is 29.3 Å². The molecule has 2 amide bonds. The van der Waals surface area contributed by atoms with Crippen LogP contribution in [-0.2, 0) is 32.6 Å². The van der Waals surface area contributed by atoms with Crippen molar-refractivity contribution in [2.24, 2.45) is 0 Å². The number of ether oxygens (including phenoxy) is 3. The maximum absolute atomic E-state index is 14.5. The van der Waals surface area contributed by atoms with Crippen molar-refractivity contribution in [3.8, 4) is 17.2 Å². The van der Waals surface area contributed by atoms with Crippen LogP contribution in [-0.4, -0.2) is 65.6 Å². The molecule has 0 heterocycles. The normalized spacial score (nSPS) is 11.7. The lowest BCUT2D eigenvalue weighted by atomic mass is 10.0. The Morgan fingerprint density at radius 1 is 0.872 bits per heavy atom. The highest BCUT2D eigenvalue weighted by molar-refractivity contribution is 7.92. The van der Waals surface area contributed by atoms with Crippen molar-refractivity contribution in [1.29, 1.82) is 0 Å². The van der Waals surface area contributed by atoms with Gasteiger partial charge in [-0.15, -0.1) is 0 Å². The predicted octanol–water partition coefficient (Wildman–Crippen LogP) is 5.34. The summed E-state index contributed by atoms with van der Waals surface area (Å²) in [7, 11) is -0.0314. The Morgan fingerprint density at radius 3 is 2.15 bits per heavy atom. The minimum Gasteiger partial charge on any atom is -0.494 e. The smallest absolute Gasteiger partial charge is 0.264 e. The van der Waals surface area contributed by atoms with Crippen LogP contribution in [0.3, 0.4) is 0 Å². The summed E-state index contributed by atoms with van der Waals surface area (Å²) in [5.74, 6) is 0.0516. The summed E-state index contributed by atoms with van der Waals surface area (Å²) < 4.78 is 46.0. The fourth-order valence-corrected chi connectivity index (χ4v) is 6.66. The second-order valence-corrected chi connectivity index (χ2v) is 12.7. The van der Waals surface area contributed by atoms with Crippen molar-refractivity contribution in [3.63, 3.8) is 0 Å². The average molecular weight is 680 g/mol. The highest BCUT2D eigenvalue weighted by Gasteiger charge is 2.35. The number of amides is 2. The Balaban J connectivity index is 1.82. The van der Waals surface area contributed by atoms with Gasteiger partial charge in [0.1, 0.15) is 18.3 Å². The van der Waals surface area contributed by atoms with Crippen molar-refractivity contribution < 1.29 is 32.2 Å². The first-order valence-electron chi connectivity index (χ1n) is 14.9. The van der Waals surface area contributed by atoms with Crippen LogP contribution in [0.25, 0.3) is 0 Å². The molecule has 0 unspecified atom stereocenters. The molecule has 1 atom stereocenters. The number of hydrogen-bond donors (Lipinski definition) is 1. The molecule has 0 saturated heterocycles. The Hall–Kier alpha value is -4.74. The van der Waals surface area contributed by atoms with E-state index in [1.54, 1.807) is 48.5 Å². The number of nitrogens with one attached hydrogen (secondary N) is 1. The van der Waals surface area contributed by atoms with Crippen LogP contribution in [0, 0.1) is 0 Å². The van der Waals surface area contributed by atoms with Crippen LogP contribution in [0.4, 0.5) is 5.69 Å². The Kier molecular flexibility index (Phi) is 12.1. The molecular formula is C35H38ClN3O7S. The summed E-state index contributed by atoms with van der Waals surface area (Å²) in [4.78, 5) is 29.2. The van der Waals surface area contributed by atoms with Gasteiger partial charge in [-0.2, -0.15) is 0 Å². The second kappa shape index (κ2) is 16.2. The van der Waals surface area contributed by atoms with Crippen LogP contribution >= 0.6 is 11.6 Å². The third kappa shape index (κ3) is 8.55. The number of carbonyl (C=O) groups excluding carboxylic acids is 2. The number of likely N-dealkylation sites (N-methyl/N-ethyl adjacent to an activating group) is 1. The van der Waals surface area contributed by atoms with E-state index in [0.29, 0.717) is 28.7 Å². The number of halogens is 1. The van der Waals surface area contributed by atoms with Gasteiger partial charge in [0.15, 0.2) is 11.5 Å². The molecule has 4 rings (SSSR count). The van der Waals surface area contributed by atoms with Gasteiger partial charge >= 0.3 is 0 Å². The number of anilines is 1. The number of benzene rings is 4. The lowest BCUT2D eigenvalue weighted by molar-refractivity contribution is -0.139. The maximum Gasteiger partial charge on any atom is 0.264 e. The van der Waals surface area contributed by atoms with Gasteiger partial charge in [0.2, 0.25) is 11.8 Å². The van der Waals surface area contributed by atoms with Crippen molar-refractivity contribution >= 4 is 39.1 Å². The van der Waals surface area contributed by atoms with Crippen LogP contribution in [0.2, 0.25) is 5.02 Å². The zero-order chi connectivity index (χ0) is 34.0. The van der Waals surface area contributed by atoms with E-state index in [1.165, 1.54) is 44.4 Å². The first-order chi connectivity index (χ1) is 22.6. The van der Waals surface area contributed by atoms with E-state index in [0.717, 1.165) is 9.87 Å². The molecule has 0 spiro atoms. The number of rotatable bonds is 15. The van der Waals surface area contributed by atoms with Gasteiger partial charge in [-0.05, 0) is 60.5 Å². The summed E-state index contributed by atoms with van der Waals surface area (Å²) in [6, 6.07) is 25.9. The molecule has 1 N–H and O–H groups in total. The van der Waals surface area contributed by atoms with Crippen LogP contribution in [0.15, 0.2) is 102 Å². The zero-order valence-corrected chi connectivity index (χ0v) is 28.3. The molecule has 47 heavy (non-hydrogen) atoms. The fraction of sp³-hybridized carbons (Fsp3) is 0.257. The Morgan fingerprint density at radius 2 is 1.53 bits per heavy atom. The molecule has 0 aliphatic carbocycles. The summed E-state index contributed by atoms with van der Waals surface area (Å²) >= 11 is 6.52. The molecule has 0 aliphatic rings. The van der Waals surface area contributed by atoms with E-state index in [9.17, 15) is 18.0 Å². The van der Waals surface area contributed by atoms with Crippen molar-refractivity contribution in [2.75, 3.05) is 38.7 Å². The maximum atomic E-state index is 14.5. The Labute approximate surface area is 280 Å². The fourth-order valence-electron chi connectivity index (χ4n) is 5.04. The summed E-state index contributed by atoms with van der Waals surface area (Å²) in [6.45, 7) is 1.59. The van der Waals surface area contributed by atoms with E-state index in [4.69, 9.17) is 25.8 Å². The van der Waals surface area contributed by atoms with E-state index in [1.807, 2.05) is 37.3 Å². The molecule has 12 heteroatoms. The third-order valence-electron chi connectivity index (χ3n) is 7.47. The zero-order valence-electron chi connectivity index (χ0n) is 26.7. The predicted molar refractivity (Wildman–Crippen MR) is 182 cm³/mol. The molecular weight excluding hydrogens is 642 g/mol. The molecule has 0 aliphatic heterocycles. The first kappa shape index (κ1) is 35.1. The quantitative estimate of drug-likeness (QED) is 0.181. The van der Waals surface area contributed by atoms with Crippen LogP contribution in [0.5, 0.6) is 17.2 Å². The number of sulfonamides is 1. The molecule has 0 radical (unpaired) electrons. The Bertz CT molecular complexity index is 1770. The minimum atomic E-state index is -4.37. The van der Waals surface area contributed by atoms with E-state index >= 15 is 0 Å². The summed E-state index contributed by atoms with van der Waals surface area (Å²) in [5.41, 5.74) is 1.63. The molecule has 4 aromatic rings. The van der Waals surface area contributed by atoms with E-state index < -0.39 is 34.4 Å². The second-order valence-electron chi connectivity index (χ2n) is 10.4. The average Bonchev–Trinajstić information content (AvgIpc) is 3.09. The van der Waals surface area contributed by atoms with E-state index in [2.05, 4.69) is 5.32 Å². The van der Waals surface area contributed by atoms with Crippen LogP contribution < -0.4 is 23.8 Å². The molecule has 0 aromatic heterocycles. The molecule has 10 nitrogen and oxygen atoms in total. The van der Waals surface area contributed by atoms with Crippen molar-refractivity contribution in [3.05, 3.63) is 113 Å². The van der Waals surface area contributed by atoms with Crippen molar-refractivity contribution in [1.82, 2.24) is 10.2 Å². The van der Waals surface area contributed by atoms with Gasteiger partial charge in [0.05, 0.1) is 31.4 Å². The SMILES string of the molecule is CCOc1ccc(N(CC(=O)N(Cc2ccccc2Cl)[C@H](Cc2ccccc2)C(=O)NC)S(=O)(=O)c2ccc(OC)c(OC)c2)cc1. The van der Waals surface area contributed by atoms with Gasteiger partial charge in [0.25, 0.3) is 10.0 Å². The monoisotopic (exact) mass is 679 g/mol. The molecule has 0 fully saturated rings.